The van der Waals surface area contributed by atoms with Gasteiger partial charge in [-0.05, 0) is 43.1 Å². The number of ketones is 1. The second-order valence-corrected chi connectivity index (χ2v) is 6.19. The molecule has 0 heterocycles. The summed E-state index contributed by atoms with van der Waals surface area (Å²) in [5.41, 5.74) is 1.98. The van der Waals surface area contributed by atoms with Gasteiger partial charge in [0, 0.05) is 17.3 Å². The molecule has 0 spiro atoms. The minimum Gasteiger partial charge on any atom is -0.507 e. The number of hydrogen-bond acceptors (Lipinski definition) is 4. The molecule has 126 valence electrons. The van der Waals surface area contributed by atoms with Gasteiger partial charge in [-0.25, -0.2) is 0 Å². The zero-order valence-corrected chi connectivity index (χ0v) is 14.3. The van der Waals surface area contributed by atoms with Crippen LogP contribution in [-0.2, 0) is 0 Å². The number of rotatable bonds is 5. The quantitative estimate of drug-likeness (QED) is 0.567. The summed E-state index contributed by atoms with van der Waals surface area (Å²) >= 11 is 0. The average Bonchev–Trinajstić information content (AvgIpc) is 2.60. The summed E-state index contributed by atoms with van der Waals surface area (Å²) < 4.78 is 0. The Bertz CT molecular complexity index is 946. The minimum absolute atomic E-state index is 0.0510. The van der Waals surface area contributed by atoms with E-state index in [4.69, 9.17) is 0 Å². The van der Waals surface area contributed by atoms with E-state index < -0.39 is 0 Å². The van der Waals surface area contributed by atoms with Crippen molar-refractivity contribution in [3.05, 3.63) is 71.8 Å². The molecule has 0 amide bonds. The largest absolute Gasteiger partial charge is 0.507 e. The highest BCUT2D eigenvalue weighted by molar-refractivity contribution is 6.03. The van der Waals surface area contributed by atoms with Gasteiger partial charge >= 0.3 is 0 Å². The summed E-state index contributed by atoms with van der Waals surface area (Å²) in [4.78, 5) is 18.5. The smallest absolute Gasteiger partial charge is 0.176 e. The molecule has 0 saturated heterocycles. The summed E-state index contributed by atoms with van der Waals surface area (Å²) in [7, 11) is 3.73. The zero-order valence-electron chi connectivity index (χ0n) is 14.3. The van der Waals surface area contributed by atoms with Gasteiger partial charge in [0.05, 0.1) is 12.2 Å². The van der Waals surface area contributed by atoms with Gasteiger partial charge in [0.2, 0.25) is 0 Å². The van der Waals surface area contributed by atoms with Crippen molar-refractivity contribution in [3.8, 4) is 5.75 Å². The first-order valence-electron chi connectivity index (χ1n) is 8.07. The Hall–Kier alpha value is -2.98. The predicted molar refractivity (Wildman–Crippen MR) is 102 cm³/mol. The molecule has 0 aliphatic carbocycles. The van der Waals surface area contributed by atoms with Crippen LogP contribution in [0.1, 0.15) is 15.9 Å². The molecule has 3 aromatic rings. The summed E-state index contributed by atoms with van der Waals surface area (Å²) in [5, 5.41) is 12.2. The number of aliphatic imine (C=N–C) groups is 1. The third-order valence-electron chi connectivity index (χ3n) is 3.92. The van der Waals surface area contributed by atoms with Crippen LogP contribution in [0, 0.1) is 0 Å². The number of benzene rings is 3. The number of fused-ring (bicyclic) bond motifs is 1. The van der Waals surface area contributed by atoms with Crippen molar-refractivity contribution in [1.29, 1.82) is 0 Å². The topological polar surface area (TPSA) is 52.9 Å². The molecule has 3 rings (SSSR count). The number of phenolic OH excluding ortho intramolecular Hbond substituents is 1. The number of carbonyl (C=O) groups is 1. The summed E-state index contributed by atoms with van der Waals surface area (Å²) in [6.07, 6.45) is 1.65. The van der Waals surface area contributed by atoms with E-state index in [0.717, 1.165) is 10.8 Å². The molecule has 0 aliphatic rings. The highest BCUT2D eigenvalue weighted by Gasteiger charge is 2.08. The molecular weight excluding hydrogens is 312 g/mol. The highest BCUT2D eigenvalue weighted by atomic mass is 16.3. The van der Waals surface area contributed by atoms with Crippen LogP contribution in [0.2, 0.25) is 0 Å². The minimum atomic E-state index is 0.0510. The van der Waals surface area contributed by atoms with E-state index >= 15 is 0 Å². The molecule has 3 aromatic carbocycles. The van der Waals surface area contributed by atoms with Crippen LogP contribution in [0.4, 0.5) is 5.69 Å². The van der Waals surface area contributed by atoms with Crippen molar-refractivity contribution in [3.63, 3.8) is 0 Å². The van der Waals surface area contributed by atoms with Gasteiger partial charge < -0.3 is 10.0 Å². The molecule has 25 heavy (non-hydrogen) atoms. The number of Topliss-reactive ketones (excluding diaryl/α,β-unsaturated/α-hetero) is 1. The van der Waals surface area contributed by atoms with Crippen LogP contribution in [0.25, 0.3) is 10.8 Å². The Morgan fingerprint density at radius 2 is 1.88 bits per heavy atom. The Labute approximate surface area is 147 Å². The summed E-state index contributed by atoms with van der Waals surface area (Å²) in [6, 6.07) is 18.6. The first-order chi connectivity index (χ1) is 12.0. The molecule has 0 atom stereocenters. The average molecular weight is 332 g/mol. The van der Waals surface area contributed by atoms with E-state index in [-0.39, 0.29) is 11.5 Å². The number of carbonyl (C=O) groups excluding carboxylic acids is 1. The normalized spacial score (nSPS) is 11.5. The molecule has 0 radical (unpaired) electrons. The molecule has 0 aliphatic heterocycles. The zero-order chi connectivity index (χ0) is 17.8. The van der Waals surface area contributed by atoms with E-state index in [0.29, 0.717) is 23.4 Å². The fraction of sp³-hybridized carbons (Fsp3) is 0.143. The lowest BCUT2D eigenvalue weighted by molar-refractivity contribution is 0.0958. The van der Waals surface area contributed by atoms with Crippen LogP contribution in [0.3, 0.4) is 0 Å². The first kappa shape index (κ1) is 16.9. The van der Waals surface area contributed by atoms with E-state index in [1.807, 2.05) is 61.5 Å². The van der Waals surface area contributed by atoms with Gasteiger partial charge in [-0.2, -0.15) is 0 Å². The second-order valence-electron chi connectivity index (χ2n) is 6.19. The van der Waals surface area contributed by atoms with Gasteiger partial charge in [-0.15, -0.1) is 0 Å². The van der Waals surface area contributed by atoms with Crippen molar-refractivity contribution < 1.29 is 9.90 Å². The number of hydrogen-bond donors (Lipinski definition) is 1. The highest BCUT2D eigenvalue weighted by Crippen LogP contribution is 2.26. The lowest BCUT2D eigenvalue weighted by Crippen LogP contribution is -2.21. The number of aromatic hydroxyl groups is 1. The molecule has 4 heteroatoms. The molecule has 0 saturated carbocycles. The fourth-order valence-corrected chi connectivity index (χ4v) is 2.70. The van der Waals surface area contributed by atoms with Gasteiger partial charge in [0.1, 0.15) is 5.75 Å². The lowest BCUT2D eigenvalue weighted by Gasteiger charge is -2.08. The molecule has 4 nitrogen and oxygen atoms in total. The number of nitrogens with zero attached hydrogens (tertiary/aromatic N) is 2. The maximum atomic E-state index is 12.2. The van der Waals surface area contributed by atoms with Crippen LogP contribution in [0.15, 0.2) is 65.7 Å². The van der Waals surface area contributed by atoms with Crippen LogP contribution in [0.5, 0.6) is 5.75 Å². The molecule has 0 bridgehead atoms. The van der Waals surface area contributed by atoms with Gasteiger partial charge in [0.25, 0.3) is 0 Å². The van der Waals surface area contributed by atoms with Crippen molar-refractivity contribution >= 4 is 28.5 Å². The third-order valence-corrected chi connectivity index (χ3v) is 3.92. The summed E-state index contributed by atoms with van der Waals surface area (Å²) in [6.45, 7) is 0.358. The standard InChI is InChI=1S/C21H20N2O2/c1-23(2)14-21(25)16-7-5-8-17(12-16)22-13-19-18-9-4-3-6-15(18)10-11-20(19)24/h3-13,24H,14H2,1-2H3. The fourth-order valence-electron chi connectivity index (χ4n) is 2.70. The molecule has 0 aromatic heterocycles. The van der Waals surface area contributed by atoms with Gasteiger partial charge in [0.15, 0.2) is 5.78 Å². The molecular formula is C21H20N2O2. The number of phenols is 1. The van der Waals surface area contributed by atoms with Crippen LogP contribution in [-0.4, -0.2) is 42.6 Å². The Morgan fingerprint density at radius 1 is 1.08 bits per heavy atom. The second kappa shape index (κ2) is 7.28. The van der Waals surface area contributed by atoms with Gasteiger partial charge in [-0.3, -0.25) is 9.79 Å². The monoisotopic (exact) mass is 332 g/mol. The lowest BCUT2D eigenvalue weighted by atomic mass is 10.0. The molecule has 0 fully saturated rings. The Morgan fingerprint density at radius 3 is 2.68 bits per heavy atom. The molecule has 1 N–H and O–H groups in total. The van der Waals surface area contributed by atoms with Crippen LogP contribution >= 0.6 is 0 Å². The van der Waals surface area contributed by atoms with Crippen molar-refractivity contribution in [2.75, 3.05) is 20.6 Å². The van der Waals surface area contributed by atoms with E-state index in [9.17, 15) is 9.90 Å². The first-order valence-corrected chi connectivity index (χ1v) is 8.07. The summed E-state index contributed by atoms with van der Waals surface area (Å²) in [5.74, 6) is 0.234. The maximum absolute atomic E-state index is 12.2. The van der Waals surface area contributed by atoms with E-state index in [2.05, 4.69) is 4.99 Å². The maximum Gasteiger partial charge on any atom is 0.176 e. The number of likely N-dealkylation sites (N-methyl/N-ethyl adjacent to an activating group) is 1. The SMILES string of the molecule is CN(C)CC(=O)c1cccc(N=Cc2c(O)ccc3ccccc23)c1. The molecule has 0 unspecified atom stereocenters. The Kier molecular flexibility index (Phi) is 4.91. The third kappa shape index (κ3) is 3.92. The van der Waals surface area contributed by atoms with Crippen LogP contribution < -0.4 is 0 Å². The van der Waals surface area contributed by atoms with E-state index in [1.165, 1.54) is 0 Å². The Balaban J connectivity index is 1.93. The van der Waals surface area contributed by atoms with Gasteiger partial charge in [-0.1, -0.05) is 42.5 Å². The van der Waals surface area contributed by atoms with Crippen molar-refractivity contribution in [1.82, 2.24) is 4.90 Å². The van der Waals surface area contributed by atoms with Crippen molar-refractivity contribution in [2.45, 2.75) is 0 Å². The van der Waals surface area contributed by atoms with E-state index in [1.54, 1.807) is 24.4 Å². The van der Waals surface area contributed by atoms with Crippen molar-refractivity contribution in [2.24, 2.45) is 4.99 Å². The predicted octanol–water partition coefficient (Wildman–Crippen LogP) is 4.04.